The number of anilines is 1. The van der Waals surface area contributed by atoms with Crippen molar-refractivity contribution in [3.05, 3.63) is 70.7 Å². The van der Waals surface area contributed by atoms with Gasteiger partial charge in [-0.05, 0) is 48.7 Å². The Morgan fingerprint density at radius 2 is 1.90 bits per heavy atom. The van der Waals surface area contributed by atoms with Crippen LogP contribution in [0.3, 0.4) is 0 Å². The predicted molar refractivity (Wildman–Crippen MR) is 121 cm³/mol. The second kappa shape index (κ2) is 8.85. The molecular weight excluding hydrogens is 418 g/mol. The second-order valence-electron chi connectivity index (χ2n) is 6.82. The van der Waals surface area contributed by atoms with Gasteiger partial charge in [-0.25, -0.2) is 0 Å². The van der Waals surface area contributed by atoms with Crippen LogP contribution < -0.4 is 5.32 Å². The molecule has 0 radical (unpaired) electrons. The lowest BCUT2D eigenvalue weighted by atomic mass is 10.1. The van der Waals surface area contributed by atoms with Gasteiger partial charge in [-0.1, -0.05) is 60.6 Å². The number of halogens is 1. The van der Waals surface area contributed by atoms with Crippen molar-refractivity contribution >= 4 is 40.6 Å². The Morgan fingerprint density at radius 1 is 1.10 bits per heavy atom. The van der Waals surface area contributed by atoms with Gasteiger partial charge in [0.25, 0.3) is 0 Å². The Labute approximate surface area is 183 Å². The topological polar surface area (TPSA) is 72.2 Å². The largest absolute Gasteiger partial charge is 0.325 e. The van der Waals surface area contributed by atoms with E-state index in [9.17, 15) is 4.79 Å². The Balaban J connectivity index is 1.48. The highest BCUT2D eigenvalue weighted by atomic mass is 35.5. The molecule has 0 saturated carbocycles. The van der Waals surface area contributed by atoms with E-state index < -0.39 is 0 Å². The van der Waals surface area contributed by atoms with Gasteiger partial charge in [-0.15, -0.1) is 10.2 Å². The van der Waals surface area contributed by atoms with E-state index in [0.29, 0.717) is 21.5 Å². The van der Waals surface area contributed by atoms with Gasteiger partial charge in [0.15, 0.2) is 5.65 Å². The second-order valence-corrected chi connectivity index (χ2v) is 8.17. The third kappa shape index (κ3) is 4.47. The minimum atomic E-state index is -0.150. The van der Waals surface area contributed by atoms with Crippen LogP contribution in [0.2, 0.25) is 5.02 Å². The Hall–Kier alpha value is -2.90. The Bertz CT molecular complexity index is 1210. The molecule has 6 nitrogen and oxygen atoms in total. The molecule has 2 aromatic heterocycles. The number of fused-ring (bicyclic) bond motifs is 1. The lowest BCUT2D eigenvalue weighted by Gasteiger charge is -2.07. The quantitative estimate of drug-likeness (QED) is 0.427. The summed E-state index contributed by atoms with van der Waals surface area (Å²) < 4.78 is 1.67. The monoisotopic (exact) mass is 437 g/mol. The zero-order valence-electron chi connectivity index (χ0n) is 16.6. The Morgan fingerprint density at radius 3 is 2.63 bits per heavy atom. The van der Waals surface area contributed by atoms with E-state index in [1.807, 2.05) is 31.2 Å². The molecule has 0 saturated heterocycles. The maximum absolute atomic E-state index is 12.3. The summed E-state index contributed by atoms with van der Waals surface area (Å²) in [5.41, 5.74) is 5.39. The SMILES string of the molecule is CCc1ccc(-c2ccc3nnc(SCC(=O)Nc4ccc(C)c(Cl)c4)n3n2)cc1. The highest BCUT2D eigenvalue weighted by Gasteiger charge is 2.12. The highest BCUT2D eigenvalue weighted by molar-refractivity contribution is 7.99. The number of nitrogens with zero attached hydrogens (tertiary/aromatic N) is 4. The molecule has 1 N–H and O–H groups in total. The summed E-state index contributed by atoms with van der Waals surface area (Å²) in [5.74, 6) is 0.0339. The third-order valence-electron chi connectivity index (χ3n) is 4.68. The molecule has 0 spiro atoms. The van der Waals surface area contributed by atoms with Crippen molar-refractivity contribution in [1.82, 2.24) is 19.8 Å². The third-order valence-corrected chi connectivity index (χ3v) is 6.01. The number of aromatic nitrogens is 4. The van der Waals surface area contributed by atoms with Gasteiger partial charge in [-0.2, -0.15) is 9.61 Å². The van der Waals surface area contributed by atoms with Crippen molar-refractivity contribution in [1.29, 1.82) is 0 Å². The molecule has 4 rings (SSSR count). The summed E-state index contributed by atoms with van der Waals surface area (Å²) in [7, 11) is 0. The molecule has 0 aliphatic carbocycles. The molecule has 8 heteroatoms. The number of hydrogen-bond acceptors (Lipinski definition) is 5. The summed E-state index contributed by atoms with van der Waals surface area (Å²) in [6.07, 6.45) is 0.996. The average molecular weight is 438 g/mol. The average Bonchev–Trinajstić information content (AvgIpc) is 3.17. The fourth-order valence-corrected chi connectivity index (χ4v) is 3.79. The van der Waals surface area contributed by atoms with E-state index in [1.165, 1.54) is 17.3 Å². The van der Waals surface area contributed by atoms with Crippen LogP contribution in [0.1, 0.15) is 18.1 Å². The van der Waals surface area contributed by atoms with Gasteiger partial charge >= 0.3 is 0 Å². The van der Waals surface area contributed by atoms with Crippen LogP contribution in [0.4, 0.5) is 5.69 Å². The van der Waals surface area contributed by atoms with E-state index in [2.05, 4.69) is 51.8 Å². The van der Waals surface area contributed by atoms with Gasteiger partial charge in [-0.3, -0.25) is 4.79 Å². The molecule has 2 aromatic carbocycles. The zero-order valence-corrected chi connectivity index (χ0v) is 18.2. The summed E-state index contributed by atoms with van der Waals surface area (Å²) in [4.78, 5) is 12.3. The summed E-state index contributed by atoms with van der Waals surface area (Å²) in [5, 5.41) is 17.0. The van der Waals surface area contributed by atoms with Gasteiger partial charge in [0, 0.05) is 16.3 Å². The number of nitrogens with one attached hydrogen (secondary N) is 1. The number of amides is 1. The number of rotatable bonds is 6. The molecule has 30 heavy (non-hydrogen) atoms. The zero-order chi connectivity index (χ0) is 21.1. The molecule has 1 amide bonds. The van der Waals surface area contributed by atoms with Crippen LogP contribution in [-0.4, -0.2) is 31.5 Å². The van der Waals surface area contributed by atoms with Crippen LogP contribution in [-0.2, 0) is 11.2 Å². The molecule has 2 heterocycles. The summed E-state index contributed by atoms with van der Waals surface area (Å²) >= 11 is 7.40. The number of carbonyl (C=O) groups excluding carboxylic acids is 1. The lowest BCUT2D eigenvalue weighted by Crippen LogP contribution is -2.14. The Kier molecular flexibility index (Phi) is 6.01. The first-order valence-electron chi connectivity index (χ1n) is 9.54. The molecule has 0 atom stereocenters. The highest BCUT2D eigenvalue weighted by Crippen LogP contribution is 2.23. The fraction of sp³-hybridized carbons (Fsp3) is 0.182. The smallest absolute Gasteiger partial charge is 0.234 e. The molecular formula is C22H20ClN5OS. The summed E-state index contributed by atoms with van der Waals surface area (Å²) in [6, 6.07) is 17.6. The minimum absolute atomic E-state index is 0.150. The number of hydrogen-bond donors (Lipinski definition) is 1. The molecule has 4 aromatic rings. The molecule has 0 aliphatic rings. The van der Waals surface area contributed by atoms with E-state index in [-0.39, 0.29) is 11.7 Å². The normalized spacial score (nSPS) is 11.0. The van der Waals surface area contributed by atoms with Crippen molar-refractivity contribution in [2.24, 2.45) is 0 Å². The van der Waals surface area contributed by atoms with Crippen molar-refractivity contribution in [2.45, 2.75) is 25.4 Å². The van der Waals surface area contributed by atoms with Crippen LogP contribution >= 0.6 is 23.4 Å². The predicted octanol–water partition coefficient (Wildman–Crippen LogP) is 5.05. The standard InChI is InChI=1S/C22H20ClN5OS/c1-3-15-5-7-16(8-6-15)19-10-11-20-25-26-22(28(20)27-19)30-13-21(29)24-17-9-4-14(2)18(23)12-17/h4-12H,3,13H2,1-2H3,(H,24,29). The number of carbonyl (C=O) groups is 1. The maximum Gasteiger partial charge on any atom is 0.234 e. The fourth-order valence-electron chi connectivity index (χ4n) is 2.92. The van der Waals surface area contributed by atoms with Crippen LogP contribution in [0.25, 0.3) is 16.9 Å². The van der Waals surface area contributed by atoms with Crippen molar-refractivity contribution < 1.29 is 4.79 Å². The first kappa shape index (κ1) is 20.4. The number of aryl methyl sites for hydroxylation is 2. The van der Waals surface area contributed by atoms with Gasteiger partial charge in [0.05, 0.1) is 11.4 Å². The molecule has 152 valence electrons. The van der Waals surface area contributed by atoms with E-state index >= 15 is 0 Å². The molecule has 0 unspecified atom stereocenters. The van der Waals surface area contributed by atoms with Crippen LogP contribution in [0.5, 0.6) is 0 Å². The number of thioether (sulfide) groups is 1. The maximum atomic E-state index is 12.3. The number of benzene rings is 2. The molecule has 0 bridgehead atoms. The van der Waals surface area contributed by atoms with Crippen molar-refractivity contribution in [2.75, 3.05) is 11.1 Å². The summed E-state index contributed by atoms with van der Waals surface area (Å²) in [6.45, 7) is 4.04. The minimum Gasteiger partial charge on any atom is -0.325 e. The van der Waals surface area contributed by atoms with Gasteiger partial charge in [0.2, 0.25) is 11.1 Å². The first-order chi connectivity index (χ1) is 14.5. The van der Waals surface area contributed by atoms with Crippen LogP contribution in [0, 0.1) is 6.92 Å². The van der Waals surface area contributed by atoms with Crippen molar-refractivity contribution in [3.8, 4) is 11.3 Å². The van der Waals surface area contributed by atoms with Crippen molar-refractivity contribution in [3.63, 3.8) is 0 Å². The van der Waals surface area contributed by atoms with Crippen LogP contribution in [0.15, 0.2) is 59.8 Å². The van der Waals surface area contributed by atoms with Gasteiger partial charge in [0.1, 0.15) is 0 Å². The van der Waals surface area contributed by atoms with Gasteiger partial charge < -0.3 is 5.32 Å². The van der Waals surface area contributed by atoms with E-state index in [4.69, 9.17) is 11.6 Å². The van der Waals surface area contributed by atoms with E-state index in [0.717, 1.165) is 23.2 Å². The lowest BCUT2D eigenvalue weighted by molar-refractivity contribution is -0.113. The molecule has 0 aliphatic heterocycles. The van der Waals surface area contributed by atoms with E-state index in [1.54, 1.807) is 10.6 Å². The first-order valence-corrected chi connectivity index (χ1v) is 10.9. The molecule has 0 fully saturated rings.